The molecule has 3 N–H and O–H groups in total. The number of pyridine rings is 1. The minimum atomic E-state index is -0.692. The van der Waals surface area contributed by atoms with Gasteiger partial charge in [0.2, 0.25) is 0 Å². The Morgan fingerprint density at radius 2 is 1.87 bits per heavy atom. The molecule has 0 unspecified atom stereocenters. The number of nitrogens with zero attached hydrogens (tertiary/aromatic N) is 2. The third-order valence-corrected chi connectivity index (χ3v) is 2.92. The van der Waals surface area contributed by atoms with Gasteiger partial charge < -0.3 is 5.32 Å². The summed E-state index contributed by atoms with van der Waals surface area (Å²) in [6.45, 7) is 0. The predicted octanol–water partition coefficient (Wildman–Crippen LogP) is 1.11. The number of nitro groups is 1. The predicted molar refractivity (Wildman–Crippen MR) is 81.8 cm³/mol. The van der Waals surface area contributed by atoms with E-state index in [4.69, 9.17) is 0 Å². The number of carbonyl (C=O) groups excluding carboxylic acids is 2. The van der Waals surface area contributed by atoms with E-state index in [1.54, 1.807) is 19.2 Å². The zero-order chi connectivity index (χ0) is 16.8. The standard InChI is InChI=1S/C14H13N5O4/c1-15-11-6-5-9(19(22)23)8-10(11)13(20)17-18-14(21)12-4-2-3-7-16-12/h2-8,15H,1H3,(H,17,20)(H,18,21). The number of hydrazine groups is 1. The van der Waals surface area contributed by atoms with E-state index in [1.165, 1.54) is 24.4 Å². The van der Waals surface area contributed by atoms with Crippen LogP contribution in [0.15, 0.2) is 42.6 Å². The Bertz CT molecular complexity index is 748. The lowest BCUT2D eigenvalue weighted by Gasteiger charge is -2.10. The van der Waals surface area contributed by atoms with E-state index < -0.39 is 16.7 Å². The maximum Gasteiger partial charge on any atom is 0.288 e. The van der Waals surface area contributed by atoms with E-state index in [2.05, 4.69) is 21.2 Å². The highest BCUT2D eigenvalue weighted by molar-refractivity contribution is 6.02. The highest BCUT2D eigenvalue weighted by Crippen LogP contribution is 2.21. The maximum atomic E-state index is 12.1. The average Bonchev–Trinajstić information content (AvgIpc) is 2.59. The van der Waals surface area contributed by atoms with Crippen LogP contribution < -0.4 is 16.2 Å². The molecule has 0 atom stereocenters. The van der Waals surface area contributed by atoms with Crippen molar-refractivity contribution in [1.29, 1.82) is 0 Å². The summed E-state index contributed by atoms with van der Waals surface area (Å²) in [6.07, 6.45) is 1.44. The van der Waals surface area contributed by atoms with Gasteiger partial charge in [0.1, 0.15) is 5.69 Å². The molecule has 0 spiro atoms. The molecule has 0 radical (unpaired) electrons. The Morgan fingerprint density at radius 1 is 1.13 bits per heavy atom. The first-order valence-electron chi connectivity index (χ1n) is 6.51. The monoisotopic (exact) mass is 315 g/mol. The third-order valence-electron chi connectivity index (χ3n) is 2.92. The molecule has 0 saturated heterocycles. The van der Waals surface area contributed by atoms with Gasteiger partial charge in [0, 0.05) is 31.1 Å². The first-order valence-corrected chi connectivity index (χ1v) is 6.51. The Morgan fingerprint density at radius 3 is 2.48 bits per heavy atom. The van der Waals surface area contributed by atoms with Crippen molar-refractivity contribution in [2.75, 3.05) is 12.4 Å². The highest BCUT2D eigenvalue weighted by Gasteiger charge is 2.17. The first-order chi connectivity index (χ1) is 11.0. The summed E-state index contributed by atoms with van der Waals surface area (Å²) >= 11 is 0. The summed E-state index contributed by atoms with van der Waals surface area (Å²) in [7, 11) is 1.57. The number of aromatic nitrogens is 1. The second kappa shape index (κ2) is 6.98. The number of amides is 2. The minimum absolute atomic E-state index is 0.0306. The highest BCUT2D eigenvalue weighted by atomic mass is 16.6. The number of nitro benzene ring substituents is 1. The second-order valence-corrected chi connectivity index (χ2v) is 4.36. The molecule has 1 aromatic carbocycles. The summed E-state index contributed by atoms with van der Waals surface area (Å²) in [6, 6.07) is 8.56. The fourth-order valence-corrected chi connectivity index (χ4v) is 1.79. The van der Waals surface area contributed by atoms with Crippen molar-refractivity contribution in [3.05, 3.63) is 64.0 Å². The molecule has 118 valence electrons. The number of non-ortho nitro benzene ring substituents is 1. The van der Waals surface area contributed by atoms with Gasteiger partial charge in [-0.05, 0) is 18.2 Å². The van der Waals surface area contributed by atoms with Crippen molar-refractivity contribution in [1.82, 2.24) is 15.8 Å². The maximum absolute atomic E-state index is 12.1. The molecule has 1 heterocycles. The fraction of sp³-hybridized carbons (Fsp3) is 0.0714. The van der Waals surface area contributed by atoms with Crippen LogP contribution >= 0.6 is 0 Å². The molecule has 2 amide bonds. The van der Waals surface area contributed by atoms with Crippen LogP contribution in [0, 0.1) is 10.1 Å². The molecule has 0 aliphatic heterocycles. The summed E-state index contributed by atoms with van der Waals surface area (Å²) in [5.41, 5.74) is 4.71. The molecule has 1 aromatic heterocycles. The molecule has 23 heavy (non-hydrogen) atoms. The Balaban J connectivity index is 2.12. The van der Waals surface area contributed by atoms with Crippen LogP contribution in [0.25, 0.3) is 0 Å². The van der Waals surface area contributed by atoms with E-state index >= 15 is 0 Å². The molecule has 2 rings (SSSR count). The van der Waals surface area contributed by atoms with Gasteiger partial charge in [-0.25, -0.2) is 0 Å². The molecule has 2 aromatic rings. The third kappa shape index (κ3) is 3.79. The number of benzene rings is 1. The van der Waals surface area contributed by atoms with Gasteiger partial charge in [-0.3, -0.25) is 35.5 Å². The van der Waals surface area contributed by atoms with Gasteiger partial charge in [-0.2, -0.15) is 0 Å². The largest absolute Gasteiger partial charge is 0.387 e. The number of hydrogen-bond acceptors (Lipinski definition) is 6. The quantitative estimate of drug-likeness (QED) is 0.573. The summed E-state index contributed by atoms with van der Waals surface area (Å²) in [4.78, 5) is 38.0. The molecule has 9 nitrogen and oxygen atoms in total. The smallest absolute Gasteiger partial charge is 0.288 e. The molecule has 0 bridgehead atoms. The van der Waals surface area contributed by atoms with Crippen molar-refractivity contribution < 1.29 is 14.5 Å². The lowest BCUT2D eigenvalue weighted by molar-refractivity contribution is -0.384. The van der Waals surface area contributed by atoms with Gasteiger partial charge in [-0.15, -0.1) is 0 Å². The SMILES string of the molecule is CNc1ccc([N+](=O)[O-])cc1C(=O)NNC(=O)c1ccccn1. The summed E-state index contributed by atoms with van der Waals surface area (Å²) in [5.74, 6) is -1.29. The zero-order valence-corrected chi connectivity index (χ0v) is 12.1. The number of carbonyl (C=O) groups is 2. The van der Waals surface area contributed by atoms with Gasteiger partial charge >= 0.3 is 0 Å². The van der Waals surface area contributed by atoms with Crippen molar-refractivity contribution in [2.24, 2.45) is 0 Å². The van der Waals surface area contributed by atoms with Crippen LogP contribution in [0.3, 0.4) is 0 Å². The van der Waals surface area contributed by atoms with Crippen LogP contribution in [0.5, 0.6) is 0 Å². The minimum Gasteiger partial charge on any atom is -0.387 e. The van der Waals surface area contributed by atoms with Gasteiger partial charge in [0.05, 0.1) is 10.5 Å². The van der Waals surface area contributed by atoms with Crippen LogP contribution in [0.1, 0.15) is 20.8 Å². The van der Waals surface area contributed by atoms with E-state index in [0.717, 1.165) is 6.07 Å². The summed E-state index contributed by atoms with van der Waals surface area (Å²) < 4.78 is 0. The molecule has 0 aliphatic rings. The van der Waals surface area contributed by atoms with E-state index in [0.29, 0.717) is 5.69 Å². The Labute approximate surface area is 130 Å². The van der Waals surface area contributed by atoms with Crippen LogP contribution in [0.4, 0.5) is 11.4 Å². The normalized spacial score (nSPS) is 9.78. The molecular weight excluding hydrogens is 302 g/mol. The second-order valence-electron chi connectivity index (χ2n) is 4.36. The number of hydrogen-bond donors (Lipinski definition) is 3. The molecule has 0 fully saturated rings. The number of nitrogens with one attached hydrogen (secondary N) is 3. The summed E-state index contributed by atoms with van der Waals surface area (Å²) in [5, 5.41) is 13.6. The molecule has 0 aliphatic carbocycles. The van der Waals surface area contributed by atoms with E-state index in [1.807, 2.05) is 0 Å². The number of anilines is 1. The number of rotatable bonds is 4. The Hall–Kier alpha value is -3.49. The lowest BCUT2D eigenvalue weighted by Crippen LogP contribution is -2.42. The zero-order valence-electron chi connectivity index (χ0n) is 12.1. The molecule has 9 heteroatoms. The van der Waals surface area contributed by atoms with Crippen LogP contribution in [-0.2, 0) is 0 Å². The van der Waals surface area contributed by atoms with Crippen molar-refractivity contribution in [3.8, 4) is 0 Å². The van der Waals surface area contributed by atoms with Gasteiger partial charge in [0.25, 0.3) is 17.5 Å². The van der Waals surface area contributed by atoms with Gasteiger partial charge in [0.15, 0.2) is 0 Å². The van der Waals surface area contributed by atoms with Crippen LogP contribution in [-0.4, -0.2) is 28.8 Å². The molecule has 0 saturated carbocycles. The van der Waals surface area contributed by atoms with E-state index in [9.17, 15) is 19.7 Å². The fourth-order valence-electron chi connectivity index (χ4n) is 1.79. The lowest BCUT2D eigenvalue weighted by atomic mass is 10.1. The van der Waals surface area contributed by atoms with E-state index in [-0.39, 0.29) is 16.9 Å². The van der Waals surface area contributed by atoms with Crippen molar-refractivity contribution >= 4 is 23.2 Å². The van der Waals surface area contributed by atoms with Crippen molar-refractivity contribution in [3.63, 3.8) is 0 Å². The van der Waals surface area contributed by atoms with Gasteiger partial charge in [-0.1, -0.05) is 6.07 Å². The molecular formula is C14H13N5O4. The van der Waals surface area contributed by atoms with Crippen molar-refractivity contribution in [2.45, 2.75) is 0 Å². The first kappa shape index (κ1) is 15.9. The topological polar surface area (TPSA) is 126 Å². The average molecular weight is 315 g/mol. The Kier molecular flexibility index (Phi) is 4.82. The van der Waals surface area contributed by atoms with Crippen LogP contribution in [0.2, 0.25) is 0 Å².